The highest BCUT2D eigenvalue weighted by Gasteiger charge is 2.12. The van der Waals surface area contributed by atoms with Crippen LogP contribution in [0.5, 0.6) is 0 Å². The van der Waals surface area contributed by atoms with E-state index in [0.717, 1.165) is 11.3 Å². The molecule has 0 aliphatic rings. The van der Waals surface area contributed by atoms with E-state index in [4.69, 9.17) is 10.5 Å². The number of ether oxygens (including phenoxy) is 1. The monoisotopic (exact) mass is 348 g/mol. The molecule has 2 aromatic rings. The van der Waals surface area contributed by atoms with Crippen molar-refractivity contribution < 1.29 is 9.53 Å². The molecule has 0 aliphatic heterocycles. The van der Waals surface area contributed by atoms with Crippen LogP contribution in [0.1, 0.15) is 22.8 Å². The molecule has 2 aromatic carbocycles. The highest BCUT2D eigenvalue weighted by Crippen LogP contribution is 2.22. The number of para-hydroxylation sites is 1. The van der Waals surface area contributed by atoms with Crippen LogP contribution in [0.2, 0.25) is 0 Å². The van der Waals surface area contributed by atoms with Gasteiger partial charge in [-0.05, 0) is 47.1 Å². The number of nitrogens with one attached hydrogen (secondary N) is 1. The third-order valence-corrected chi connectivity index (χ3v) is 3.65. The summed E-state index contributed by atoms with van der Waals surface area (Å²) in [6.45, 7) is 3.03. The van der Waals surface area contributed by atoms with E-state index < -0.39 is 0 Å². The number of hydrogen-bond donors (Lipinski definition) is 2. The van der Waals surface area contributed by atoms with Gasteiger partial charge in [-0.1, -0.05) is 18.2 Å². The normalized spacial score (nSPS) is 10.4. The zero-order chi connectivity index (χ0) is 15.2. The van der Waals surface area contributed by atoms with Gasteiger partial charge in [-0.3, -0.25) is 4.79 Å². The highest BCUT2D eigenvalue weighted by molar-refractivity contribution is 9.10. The number of rotatable bonds is 5. The zero-order valence-electron chi connectivity index (χ0n) is 11.7. The van der Waals surface area contributed by atoms with Crippen LogP contribution in [0.15, 0.2) is 46.9 Å². The van der Waals surface area contributed by atoms with Gasteiger partial charge >= 0.3 is 0 Å². The molecule has 4 nitrogen and oxygen atoms in total. The van der Waals surface area contributed by atoms with E-state index in [2.05, 4.69) is 21.2 Å². The molecule has 110 valence electrons. The predicted molar refractivity (Wildman–Crippen MR) is 88.3 cm³/mol. The van der Waals surface area contributed by atoms with Crippen LogP contribution in [0, 0.1) is 0 Å². The van der Waals surface area contributed by atoms with Crippen LogP contribution in [0.25, 0.3) is 0 Å². The fraction of sp³-hybridized carbons (Fsp3) is 0.188. The maximum Gasteiger partial charge on any atom is 0.256 e. The Balaban J connectivity index is 2.21. The van der Waals surface area contributed by atoms with E-state index in [1.54, 1.807) is 18.2 Å². The van der Waals surface area contributed by atoms with Gasteiger partial charge in [-0.2, -0.15) is 0 Å². The second-order valence-electron chi connectivity index (χ2n) is 4.49. The van der Waals surface area contributed by atoms with Crippen molar-refractivity contribution in [3.8, 4) is 0 Å². The molecule has 2 rings (SSSR count). The van der Waals surface area contributed by atoms with Gasteiger partial charge in [0.15, 0.2) is 0 Å². The second kappa shape index (κ2) is 7.24. The number of amides is 1. The summed E-state index contributed by atoms with van der Waals surface area (Å²) in [7, 11) is 0. The van der Waals surface area contributed by atoms with E-state index in [0.29, 0.717) is 28.9 Å². The predicted octanol–water partition coefficient (Wildman–Crippen LogP) is 3.82. The molecule has 0 saturated heterocycles. The lowest BCUT2D eigenvalue weighted by Gasteiger charge is -2.12. The largest absolute Gasteiger partial charge is 0.399 e. The molecule has 0 aliphatic carbocycles. The molecule has 0 saturated carbocycles. The van der Waals surface area contributed by atoms with Gasteiger partial charge in [0.05, 0.1) is 12.2 Å². The Morgan fingerprint density at radius 2 is 2.05 bits per heavy atom. The second-order valence-corrected chi connectivity index (χ2v) is 5.34. The Labute approximate surface area is 132 Å². The standard InChI is InChI=1S/C16H17BrN2O2/c1-2-21-10-11-5-3-4-6-15(11)19-16(20)13-9-12(18)7-8-14(13)17/h3-9H,2,10,18H2,1H3,(H,19,20). The zero-order valence-corrected chi connectivity index (χ0v) is 13.3. The summed E-state index contributed by atoms with van der Waals surface area (Å²) in [5.41, 5.74) is 8.46. The van der Waals surface area contributed by atoms with Crippen molar-refractivity contribution in [2.24, 2.45) is 0 Å². The van der Waals surface area contributed by atoms with Gasteiger partial charge in [0, 0.05) is 28.0 Å². The Bertz CT molecular complexity index is 644. The van der Waals surface area contributed by atoms with E-state index in [1.807, 2.05) is 31.2 Å². The smallest absolute Gasteiger partial charge is 0.256 e. The third-order valence-electron chi connectivity index (χ3n) is 2.96. The summed E-state index contributed by atoms with van der Waals surface area (Å²) in [6.07, 6.45) is 0. The average Bonchev–Trinajstić information content (AvgIpc) is 2.48. The van der Waals surface area contributed by atoms with Crippen molar-refractivity contribution in [1.29, 1.82) is 0 Å². The van der Waals surface area contributed by atoms with Gasteiger partial charge in [-0.15, -0.1) is 0 Å². The maximum absolute atomic E-state index is 12.4. The van der Waals surface area contributed by atoms with Gasteiger partial charge in [0.1, 0.15) is 0 Å². The SMILES string of the molecule is CCOCc1ccccc1NC(=O)c1cc(N)ccc1Br. The summed E-state index contributed by atoms with van der Waals surface area (Å²) in [4.78, 5) is 12.4. The Kier molecular flexibility index (Phi) is 5.36. The van der Waals surface area contributed by atoms with E-state index >= 15 is 0 Å². The van der Waals surface area contributed by atoms with Crippen molar-refractivity contribution >= 4 is 33.2 Å². The molecule has 0 atom stereocenters. The summed E-state index contributed by atoms with van der Waals surface area (Å²) in [6, 6.07) is 12.7. The number of nitrogen functional groups attached to an aromatic ring is 1. The Morgan fingerprint density at radius 1 is 1.29 bits per heavy atom. The van der Waals surface area contributed by atoms with E-state index in [-0.39, 0.29) is 5.91 Å². The van der Waals surface area contributed by atoms with Gasteiger partial charge in [-0.25, -0.2) is 0 Å². The van der Waals surface area contributed by atoms with Crippen LogP contribution in [-0.4, -0.2) is 12.5 Å². The van der Waals surface area contributed by atoms with Crippen molar-refractivity contribution in [3.63, 3.8) is 0 Å². The lowest BCUT2D eigenvalue weighted by molar-refractivity contribution is 0.102. The van der Waals surface area contributed by atoms with Crippen molar-refractivity contribution in [2.45, 2.75) is 13.5 Å². The minimum atomic E-state index is -0.210. The molecule has 0 fully saturated rings. The van der Waals surface area contributed by atoms with E-state index in [9.17, 15) is 4.79 Å². The topological polar surface area (TPSA) is 64.3 Å². The summed E-state index contributed by atoms with van der Waals surface area (Å²) < 4.78 is 6.11. The van der Waals surface area contributed by atoms with Crippen LogP contribution in [-0.2, 0) is 11.3 Å². The molecule has 0 heterocycles. The van der Waals surface area contributed by atoms with E-state index in [1.165, 1.54) is 0 Å². The quantitative estimate of drug-likeness (QED) is 0.807. The number of carbonyl (C=O) groups excluding carboxylic acids is 1. The fourth-order valence-corrected chi connectivity index (χ4v) is 2.31. The minimum Gasteiger partial charge on any atom is -0.399 e. The van der Waals surface area contributed by atoms with Crippen LogP contribution in [0.4, 0.5) is 11.4 Å². The summed E-state index contributed by atoms with van der Waals surface area (Å²) in [5, 5.41) is 2.90. The molecule has 0 bridgehead atoms. The number of anilines is 2. The van der Waals surface area contributed by atoms with Crippen LogP contribution < -0.4 is 11.1 Å². The van der Waals surface area contributed by atoms with Gasteiger partial charge < -0.3 is 15.8 Å². The number of halogens is 1. The first-order valence-corrected chi connectivity index (χ1v) is 7.43. The number of benzene rings is 2. The minimum absolute atomic E-state index is 0.210. The molecule has 0 spiro atoms. The highest BCUT2D eigenvalue weighted by atomic mass is 79.9. The number of hydrogen-bond acceptors (Lipinski definition) is 3. The first kappa shape index (κ1) is 15.5. The number of carbonyl (C=O) groups is 1. The molecule has 0 aromatic heterocycles. The molecular formula is C16H17BrN2O2. The first-order chi connectivity index (χ1) is 10.1. The average molecular weight is 349 g/mol. The lowest BCUT2D eigenvalue weighted by atomic mass is 10.1. The van der Waals surface area contributed by atoms with Gasteiger partial charge in [0.2, 0.25) is 0 Å². The molecule has 5 heteroatoms. The lowest BCUT2D eigenvalue weighted by Crippen LogP contribution is -2.14. The first-order valence-electron chi connectivity index (χ1n) is 6.64. The summed E-state index contributed by atoms with van der Waals surface area (Å²) >= 11 is 3.36. The Morgan fingerprint density at radius 3 is 2.81 bits per heavy atom. The molecule has 0 radical (unpaired) electrons. The van der Waals surface area contributed by atoms with Crippen molar-refractivity contribution in [1.82, 2.24) is 0 Å². The molecular weight excluding hydrogens is 332 g/mol. The Hall–Kier alpha value is -1.85. The van der Waals surface area contributed by atoms with Crippen molar-refractivity contribution in [2.75, 3.05) is 17.7 Å². The van der Waals surface area contributed by atoms with Gasteiger partial charge in [0.25, 0.3) is 5.91 Å². The third kappa shape index (κ3) is 4.06. The molecule has 0 unspecified atom stereocenters. The summed E-state index contributed by atoms with van der Waals surface area (Å²) in [5.74, 6) is -0.210. The molecule has 1 amide bonds. The van der Waals surface area contributed by atoms with Crippen LogP contribution >= 0.6 is 15.9 Å². The molecule has 21 heavy (non-hydrogen) atoms. The molecule has 3 N–H and O–H groups in total. The van der Waals surface area contributed by atoms with Crippen LogP contribution in [0.3, 0.4) is 0 Å². The van der Waals surface area contributed by atoms with Crippen molar-refractivity contribution in [3.05, 3.63) is 58.1 Å². The maximum atomic E-state index is 12.4. The fourth-order valence-electron chi connectivity index (χ4n) is 1.89. The number of nitrogens with two attached hydrogens (primary N) is 1.